The number of amides is 2. The Morgan fingerprint density at radius 2 is 1.82 bits per heavy atom. The Kier molecular flexibility index (Phi) is 8.57. The van der Waals surface area contributed by atoms with Crippen LogP contribution in [0.3, 0.4) is 0 Å². The molecule has 0 radical (unpaired) electrons. The van der Waals surface area contributed by atoms with Crippen LogP contribution in [-0.2, 0) is 27.1 Å². The molecule has 0 saturated carbocycles. The number of nitrogens with zero attached hydrogens (tertiary/aromatic N) is 1. The molecule has 0 bridgehead atoms. The Morgan fingerprint density at radius 1 is 1.18 bits per heavy atom. The predicted molar refractivity (Wildman–Crippen MR) is 146 cm³/mol. The van der Waals surface area contributed by atoms with Gasteiger partial charge in [0.2, 0.25) is 5.91 Å². The first-order valence-electron chi connectivity index (χ1n) is 13.9. The van der Waals surface area contributed by atoms with Crippen LogP contribution in [0.4, 0.5) is 13.6 Å². The van der Waals surface area contributed by atoms with Gasteiger partial charge in [0.1, 0.15) is 23.0 Å². The Morgan fingerprint density at radius 3 is 2.45 bits per heavy atom. The van der Waals surface area contributed by atoms with Crippen molar-refractivity contribution in [1.82, 2.24) is 10.2 Å². The SMILES string of the molecule is CC[C@H](C[C@H](O)[C@H](Cc1cc(F)cc(F)c1)NC(=O)OC(C)(C)C)C(=O)N1C2c3ccccc3CC2OC1(C)C. The van der Waals surface area contributed by atoms with E-state index in [1.807, 2.05) is 39.0 Å². The van der Waals surface area contributed by atoms with E-state index in [4.69, 9.17) is 9.47 Å². The maximum atomic E-state index is 14.1. The number of ether oxygens (including phenoxy) is 2. The van der Waals surface area contributed by atoms with Crippen molar-refractivity contribution in [2.75, 3.05) is 0 Å². The second kappa shape index (κ2) is 11.4. The number of rotatable bonds is 8. The summed E-state index contributed by atoms with van der Waals surface area (Å²) < 4.78 is 39.5. The summed E-state index contributed by atoms with van der Waals surface area (Å²) in [6.07, 6.45) is -0.994. The number of hydrogen-bond acceptors (Lipinski definition) is 5. The fourth-order valence-corrected chi connectivity index (χ4v) is 5.93. The first kappa shape index (κ1) is 29.9. The number of nitrogens with one attached hydrogen (secondary N) is 1. The van der Waals surface area contributed by atoms with Crippen LogP contribution in [0.15, 0.2) is 42.5 Å². The minimum Gasteiger partial charge on any atom is -0.444 e. The van der Waals surface area contributed by atoms with Crippen molar-refractivity contribution in [3.05, 3.63) is 70.8 Å². The molecule has 2 aromatic carbocycles. The van der Waals surface area contributed by atoms with Gasteiger partial charge in [0, 0.05) is 18.4 Å². The quantitative estimate of drug-likeness (QED) is 0.451. The number of hydrogen-bond donors (Lipinski definition) is 2. The van der Waals surface area contributed by atoms with Crippen molar-refractivity contribution in [2.24, 2.45) is 5.92 Å². The zero-order chi connectivity index (χ0) is 29.4. The van der Waals surface area contributed by atoms with Crippen LogP contribution in [-0.4, -0.2) is 51.6 Å². The summed E-state index contributed by atoms with van der Waals surface area (Å²) in [5.41, 5.74) is 0.853. The fraction of sp³-hybridized carbons (Fsp3) is 0.548. The smallest absolute Gasteiger partial charge is 0.407 e. The summed E-state index contributed by atoms with van der Waals surface area (Å²) >= 11 is 0. The van der Waals surface area contributed by atoms with Gasteiger partial charge in [-0.05, 0) is 82.7 Å². The third-order valence-electron chi connectivity index (χ3n) is 7.60. The lowest BCUT2D eigenvalue weighted by atomic mass is 9.90. The molecule has 40 heavy (non-hydrogen) atoms. The predicted octanol–water partition coefficient (Wildman–Crippen LogP) is 5.44. The summed E-state index contributed by atoms with van der Waals surface area (Å²) in [6, 6.07) is 9.90. The van der Waals surface area contributed by atoms with Crippen molar-refractivity contribution >= 4 is 12.0 Å². The molecule has 218 valence electrons. The lowest BCUT2D eigenvalue weighted by molar-refractivity contribution is -0.153. The van der Waals surface area contributed by atoms with Gasteiger partial charge in [0.25, 0.3) is 0 Å². The van der Waals surface area contributed by atoms with Crippen molar-refractivity contribution in [3.8, 4) is 0 Å². The summed E-state index contributed by atoms with van der Waals surface area (Å²) in [5.74, 6) is -2.25. The molecule has 4 rings (SSSR count). The number of carbonyl (C=O) groups is 2. The average molecular weight is 559 g/mol. The summed E-state index contributed by atoms with van der Waals surface area (Å²) in [4.78, 5) is 28.5. The number of fused-ring (bicyclic) bond motifs is 3. The molecule has 2 N–H and O–H groups in total. The lowest BCUT2D eigenvalue weighted by Crippen LogP contribution is -2.50. The van der Waals surface area contributed by atoms with E-state index in [1.165, 1.54) is 0 Å². The monoisotopic (exact) mass is 558 g/mol. The van der Waals surface area contributed by atoms with Crippen LogP contribution < -0.4 is 5.32 Å². The Hall–Kier alpha value is -3.04. The maximum absolute atomic E-state index is 14.1. The van der Waals surface area contributed by atoms with Crippen LogP contribution in [0, 0.1) is 17.6 Å². The van der Waals surface area contributed by atoms with Gasteiger partial charge < -0.3 is 24.8 Å². The maximum Gasteiger partial charge on any atom is 0.407 e. The standard InChI is InChI=1S/C31H40F2N2O5/c1-7-19(28(37)35-27-23-11-9-8-10-20(23)16-26(27)39-31(35,5)6)15-25(36)24(34-29(38)40-30(2,3)4)14-18-12-21(32)17-22(33)13-18/h8-13,17,19,24-27,36H,7,14-16H2,1-6H3,(H,34,38)/t19-,24+,25+,26?,27?/m1/s1. The summed E-state index contributed by atoms with van der Waals surface area (Å²) in [5, 5.41) is 14.0. The Labute approximate surface area is 234 Å². The van der Waals surface area contributed by atoms with E-state index in [2.05, 4.69) is 11.4 Å². The van der Waals surface area contributed by atoms with E-state index < -0.39 is 47.1 Å². The van der Waals surface area contributed by atoms with Crippen LogP contribution in [0.1, 0.15) is 77.1 Å². The minimum absolute atomic E-state index is 0.0270. The lowest BCUT2D eigenvalue weighted by Gasteiger charge is -2.37. The first-order valence-corrected chi connectivity index (χ1v) is 13.9. The first-order chi connectivity index (χ1) is 18.7. The van der Waals surface area contributed by atoms with E-state index >= 15 is 0 Å². The van der Waals surface area contributed by atoms with E-state index in [0.717, 1.165) is 35.7 Å². The van der Waals surface area contributed by atoms with Gasteiger partial charge in [-0.25, -0.2) is 13.6 Å². The van der Waals surface area contributed by atoms with Crippen LogP contribution in [0.25, 0.3) is 0 Å². The van der Waals surface area contributed by atoms with E-state index in [1.54, 1.807) is 25.7 Å². The molecule has 7 nitrogen and oxygen atoms in total. The highest BCUT2D eigenvalue weighted by Gasteiger charge is 2.54. The molecule has 2 unspecified atom stereocenters. The zero-order valence-corrected chi connectivity index (χ0v) is 24.0. The van der Waals surface area contributed by atoms with Gasteiger partial charge in [0.15, 0.2) is 0 Å². The largest absolute Gasteiger partial charge is 0.444 e. The molecule has 1 aliphatic heterocycles. The molecule has 1 heterocycles. The molecular formula is C31H40F2N2O5. The van der Waals surface area contributed by atoms with Crippen LogP contribution in [0.5, 0.6) is 0 Å². The molecule has 9 heteroatoms. The Bertz CT molecular complexity index is 1220. The highest BCUT2D eigenvalue weighted by Crippen LogP contribution is 2.49. The Balaban J connectivity index is 1.56. The number of carbonyl (C=O) groups excluding carboxylic acids is 2. The van der Waals surface area contributed by atoms with Gasteiger partial charge in [-0.2, -0.15) is 0 Å². The van der Waals surface area contributed by atoms with Crippen LogP contribution in [0.2, 0.25) is 0 Å². The molecule has 0 spiro atoms. The highest BCUT2D eigenvalue weighted by molar-refractivity contribution is 5.80. The van der Waals surface area contributed by atoms with Gasteiger partial charge in [-0.3, -0.25) is 4.79 Å². The molecule has 1 fully saturated rings. The molecule has 1 saturated heterocycles. The van der Waals surface area contributed by atoms with Crippen molar-refractivity contribution < 1.29 is 33.0 Å². The van der Waals surface area contributed by atoms with E-state index in [-0.39, 0.29) is 36.5 Å². The summed E-state index contributed by atoms with van der Waals surface area (Å²) in [7, 11) is 0. The zero-order valence-electron chi connectivity index (χ0n) is 24.0. The van der Waals surface area contributed by atoms with Crippen molar-refractivity contribution in [3.63, 3.8) is 0 Å². The van der Waals surface area contributed by atoms with Gasteiger partial charge in [-0.15, -0.1) is 0 Å². The molecule has 0 aromatic heterocycles. The topological polar surface area (TPSA) is 88.1 Å². The normalized spacial score (nSPS) is 21.8. The third kappa shape index (κ3) is 6.63. The minimum atomic E-state index is -1.20. The van der Waals surface area contributed by atoms with Crippen molar-refractivity contribution in [1.29, 1.82) is 0 Å². The molecule has 2 amide bonds. The number of halogens is 2. The molecular weight excluding hydrogens is 518 g/mol. The highest BCUT2D eigenvalue weighted by atomic mass is 19.1. The third-order valence-corrected chi connectivity index (χ3v) is 7.60. The molecule has 2 aliphatic rings. The van der Waals surface area contributed by atoms with E-state index in [0.29, 0.717) is 6.42 Å². The molecule has 2 aromatic rings. The number of alkyl carbamates (subject to hydrolysis) is 1. The van der Waals surface area contributed by atoms with E-state index in [9.17, 15) is 23.5 Å². The number of benzene rings is 2. The van der Waals surface area contributed by atoms with Crippen molar-refractivity contribution in [2.45, 2.75) is 103 Å². The van der Waals surface area contributed by atoms with Gasteiger partial charge >= 0.3 is 6.09 Å². The summed E-state index contributed by atoms with van der Waals surface area (Å²) in [6.45, 7) is 10.7. The van der Waals surface area contributed by atoms with Gasteiger partial charge in [-0.1, -0.05) is 31.2 Å². The second-order valence-electron chi connectivity index (χ2n) is 12.3. The average Bonchev–Trinajstić information content (AvgIpc) is 3.29. The number of aliphatic hydroxyl groups is 1. The second-order valence-corrected chi connectivity index (χ2v) is 12.3. The fourth-order valence-electron chi connectivity index (χ4n) is 5.93. The molecule has 5 atom stereocenters. The number of aliphatic hydroxyl groups excluding tert-OH is 1. The molecule has 1 aliphatic carbocycles. The van der Waals surface area contributed by atoms with Crippen LogP contribution >= 0.6 is 0 Å². The van der Waals surface area contributed by atoms with Gasteiger partial charge in [0.05, 0.1) is 24.3 Å².